The van der Waals surface area contributed by atoms with Crippen LogP contribution in [0.25, 0.3) is 12.2 Å². The van der Waals surface area contributed by atoms with Gasteiger partial charge >= 0.3 is 11.0 Å². The molecular formula is C52H56F6N2O6S4. The smallest absolute Gasteiger partial charge is 0.485 e. The minimum absolute atomic E-state index is 0.179. The topological polar surface area (TPSA) is 121 Å². The zero-order valence-corrected chi connectivity index (χ0v) is 42.8. The number of hydrogen-bond donors (Lipinski definition) is 0. The Morgan fingerprint density at radius 3 is 1.26 bits per heavy atom. The lowest BCUT2D eigenvalue weighted by molar-refractivity contribution is -0.0522. The van der Waals surface area contributed by atoms with Crippen LogP contribution in [0.4, 0.5) is 60.5 Å². The number of unbranched alkanes of at least 4 members (excludes halogenated alkanes) is 2. The second kappa shape index (κ2) is 25.7. The van der Waals surface area contributed by atoms with E-state index in [2.05, 4.69) is 206 Å². The summed E-state index contributed by atoms with van der Waals surface area (Å²) in [6, 6.07) is 54.1. The highest BCUT2D eigenvalue weighted by molar-refractivity contribution is 7.95. The molecule has 0 spiro atoms. The van der Waals surface area contributed by atoms with Gasteiger partial charge in [-0.25, -0.2) is 16.8 Å². The zero-order chi connectivity index (χ0) is 51.9. The molecule has 18 heteroatoms. The second-order valence-corrected chi connectivity index (χ2v) is 23.1. The van der Waals surface area contributed by atoms with E-state index in [-0.39, 0.29) is 21.8 Å². The van der Waals surface area contributed by atoms with Gasteiger partial charge in [0.05, 0.1) is 11.4 Å². The average Bonchev–Trinajstić information content (AvgIpc) is 3.30. The number of halogens is 6. The van der Waals surface area contributed by atoms with E-state index >= 15 is 0 Å². The van der Waals surface area contributed by atoms with Crippen LogP contribution in [-0.4, -0.2) is 62.0 Å². The molecule has 0 fully saturated rings. The van der Waals surface area contributed by atoms with Gasteiger partial charge in [-0.3, -0.25) is 0 Å². The highest BCUT2D eigenvalue weighted by atomic mass is 32.2. The van der Waals surface area contributed by atoms with Crippen molar-refractivity contribution in [1.29, 1.82) is 0 Å². The van der Waals surface area contributed by atoms with Crippen LogP contribution in [0.5, 0.6) is 0 Å². The predicted octanol–water partition coefficient (Wildman–Crippen LogP) is 14.1. The Hall–Kier alpha value is -5.24. The number of hydrogen-bond acceptors (Lipinski definition) is 8. The summed E-state index contributed by atoms with van der Waals surface area (Å²) >= 11 is 0. The third-order valence-corrected chi connectivity index (χ3v) is 14.0. The van der Waals surface area contributed by atoms with Gasteiger partial charge in [-0.05, 0) is 115 Å². The molecule has 0 radical (unpaired) electrons. The van der Waals surface area contributed by atoms with E-state index in [1.54, 1.807) is 0 Å². The van der Waals surface area contributed by atoms with E-state index in [9.17, 15) is 26.3 Å². The summed E-state index contributed by atoms with van der Waals surface area (Å²) in [5.74, 6) is 0. The quantitative estimate of drug-likeness (QED) is 0.0309. The maximum absolute atomic E-state index is 10.7. The van der Waals surface area contributed by atoms with E-state index in [1.807, 2.05) is 0 Å². The number of aryl methyl sites for hydroxylation is 2. The first-order valence-electron chi connectivity index (χ1n) is 21.9. The van der Waals surface area contributed by atoms with E-state index in [0.29, 0.717) is 0 Å². The summed E-state index contributed by atoms with van der Waals surface area (Å²) in [5.41, 5.74) is 1.02. The van der Waals surface area contributed by atoms with Crippen LogP contribution >= 0.6 is 0 Å². The first kappa shape index (κ1) is 57.3. The van der Waals surface area contributed by atoms with Gasteiger partial charge in [0.15, 0.2) is 30.0 Å². The van der Waals surface area contributed by atoms with Crippen LogP contribution in [0.1, 0.15) is 61.8 Å². The normalized spacial score (nSPS) is 12.1. The molecule has 6 rings (SSSR count). The van der Waals surface area contributed by atoms with Gasteiger partial charge in [0.2, 0.25) is 0 Å². The molecule has 0 saturated heterocycles. The molecule has 376 valence electrons. The minimum Gasteiger partial charge on any atom is -0.741 e. The molecule has 0 unspecified atom stereocenters. The van der Waals surface area contributed by atoms with Gasteiger partial charge in [-0.15, -0.1) is 0 Å². The van der Waals surface area contributed by atoms with Crippen molar-refractivity contribution >= 4 is 88.3 Å². The van der Waals surface area contributed by atoms with Crippen molar-refractivity contribution in [3.05, 3.63) is 168 Å². The summed E-state index contributed by atoms with van der Waals surface area (Å²) < 4.78 is 118. The van der Waals surface area contributed by atoms with Crippen LogP contribution in [-0.2, 0) is 54.9 Å². The van der Waals surface area contributed by atoms with E-state index in [1.165, 1.54) is 86.2 Å². The molecule has 0 saturated carbocycles. The first-order valence-corrected chi connectivity index (χ1v) is 28.8. The lowest BCUT2D eigenvalue weighted by Crippen LogP contribution is -2.21. The number of anilines is 6. The molecular weight excluding hydrogens is 991 g/mol. The molecule has 8 nitrogen and oxygen atoms in total. The minimum atomic E-state index is -6.09. The van der Waals surface area contributed by atoms with Crippen molar-refractivity contribution in [3.63, 3.8) is 0 Å². The highest BCUT2D eigenvalue weighted by Crippen LogP contribution is 2.39. The molecule has 0 aliphatic rings. The summed E-state index contributed by atoms with van der Waals surface area (Å²) in [6.45, 7) is 4.52. The van der Waals surface area contributed by atoms with Gasteiger partial charge in [0.25, 0.3) is 0 Å². The molecule has 0 bridgehead atoms. The lowest BCUT2D eigenvalue weighted by Gasteiger charge is -2.28. The average molecular weight is 1050 g/mol. The molecule has 70 heavy (non-hydrogen) atoms. The number of rotatable bonds is 16. The first-order chi connectivity index (χ1) is 32.8. The highest BCUT2D eigenvalue weighted by Gasteiger charge is 2.37. The van der Waals surface area contributed by atoms with Crippen LogP contribution in [0, 0.1) is 0 Å². The maximum Gasteiger partial charge on any atom is 0.485 e. The van der Waals surface area contributed by atoms with E-state index in [0.717, 1.165) is 18.5 Å². The van der Waals surface area contributed by atoms with Gasteiger partial charge in [-0.2, -0.15) is 26.3 Å². The number of benzene rings is 6. The third kappa shape index (κ3) is 17.0. The second-order valence-electron chi connectivity index (χ2n) is 16.1. The Labute approximate surface area is 414 Å². The summed E-state index contributed by atoms with van der Waals surface area (Å²) in [5, 5.41) is 0. The van der Waals surface area contributed by atoms with Crippen LogP contribution < -0.4 is 9.80 Å². The summed E-state index contributed by atoms with van der Waals surface area (Å²) in [7, 11) is -11.8. The molecule has 0 aliphatic carbocycles. The lowest BCUT2D eigenvalue weighted by atomic mass is 10.0. The van der Waals surface area contributed by atoms with Crippen LogP contribution in [0.3, 0.4) is 0 Å². The predicted molar refractivity (Wildman–Crippen MR) is 275 cm³/mol. The summed E-state index contributed by atoms with van der Waals surface area (Å²) in [4.78, 5) is 7.57. The molecule has 0 aromatic heterocycles. The monoisotopic (exact) mass is 1050 g/mol. The molecule has 0 heterocycles. The van der Waals surface area contributed by atoms with Gasteiger partial charge in [0.1, 0.15) is 25.0 Å². The van der Waals surface area contributed by atoms with Crippen LogP contribution in [0.15, 0.2) is 155 Å². The molecule has 6 aromatic rings. The maximum atomic E-state index is 10.7. The van der Waals surface area contributed by atoms with Crippen molar-refractivity contribution in [2.75, 3.05) is 34.8 Å². The number of para-hydroxylation sites is 1. The van der Waals surface area contributed by atoms with Crippen molar-refractivity contribution < 1.29 is 52.3 Å². The zero-order valence-electron chi connectivity index (χ0n) is 39.5. The fraction of sp³-hybridized carbons (Fsp3) is 0.269. The fourth-order valence-electron chi connectivity index (χ4n) is 6.79. The largest absolute Gasteiger partial charge is 0.741 e. The Morgan fingerprint density at radius 2 is 0.857 bits per heavy atom. The van der Waals surface area contributed by atoms with Gasteiger partial charge in [0, 0.05) is 56.7 Å². The standard InChI is InChI=1S/C50H56N2S2.2CHF3O3S/c1-7-9-15-39-25-31-43(32-26-39)51(46-18-13-20-48(37-46)53(3)4)44-33-27-40(28-34-44)23-24-41-29-35-45(36-30-41)52(47-19-14-21-49(38-47)54(5)6)50-22-12-11-17-42(50)16-10-8-2;2*2-1(3,4)8(5,6)7/h11-14,17-38H,7-10,15-16H2,1-6H3;2*(H,5,6,7)/q+2;;/p-2/b24-23+;;. The Morgan fingerprint density at radius 1 is 0.486 bits per heavy atom. The molecule has 0 N–H and O–H groups in total. The van der Waals surface area contributed by atoms with Crippen molar-refractivity contribution in [2.45, 2.75) is 73.2 Å². The molecule has 0 aliphatic heterocycles. The Bertz CT molecular complexity index is 2800. The molecule has 0 amide bonds. The van der Waals surface area contributed by atoms with Gasteiger partial charge in [-0.1, -0.05) is 106 Å². The summed E-state index contributed by atoms with van der Waals surface area (Å²) in [6.07, 6.45) is 20.6. The number of nitrogens with zero attached hydrogens (tertiary/aromatic N) is 2. The molecule has 6 aromatic carbocycles. The number of alkyl halides is 6. The van der Waals surface area contributed by atoms with Crippen molar-refractivity contribution in [2.24, 2.45) is 0 Å². The van der Waals surface area contributed by atoms with E-state index < -0.39 is 31.3 Å². The Balaban J connectivity index is 0.000000571. The third-order valence-electron chi connectivity index (χ3n) is 10.5. The van der Waals surface area contributed by atoms with Crippen LogP contribution in [0.2, 0.25) is 0 Å². The SMILES string of the molecule is CCCCc1ccc(N(c2ccc(/C=C/c3ccc(N(c4cccc([S+](C)C)c4)c4ccccc4CCCC)cc3)cc2)c2cccc([S+](C)C)c2)cc1.O=S(=O)([O-])C(F)(F)F.O=S(=O)([O-])C(F)(F)F. The van der Waals surface area contributed by atoms with E-state index in [4.69, 9.17) is 25.9 Å². The van der Waals surface area contributed by atoms with Gasteiger partial charge < -0.3 is 18.9 Å². The molecule has 0 atom stereocenters. The van der Waals surface area contributed by atoms with Crippen molar-refractivity contribution in [1.82, 2.24) is 0 Å². The Kier molecular flexibility index (Phi) is 21.1. The van der Waals surface area contributed by atoms with Crippen molar-refractivity contribution in [3.8, 4) is 0 Å². The fourth-order valence-corrected chi connectivity index (χ4v) is 8.20.